The van der Waals surface area contributed by atoms with Gasteiger partial charge in [0.05, 0.1) is 12.4 Å². The molecule has 0 bridgehead atoms. The molecule has 3 heterocycles. The van der Waals surface area contributed by atoms with Gasteiger partial charge in [0, 0.05) is 31.2 Å². The second-order valence-corrected chi connectivity index (χ2v) is 6.40. The van der Waals surface area contributed by atoms with Crippen molar-refractivity contribution < 1.29 is 4.79 Å². The zero-order valence-corrected chi connectivity index (χ0v) is 13.3. The van der Waals surface area contributed by atoms with Crippen LogP contribution in [0.3, 0.4) is 0 Å². The topological polar surface area (TPSA) is 51.0 Å². The molecule has 22 heavy (non-hydrogen) atoms. The zero-order valence-electron chi connectivity index (χ0n) is 13.3. The van der Waals surface area contributed by atoms with Crippen molar-refractivity contribution in [1.82, 2.24) is 19.4 Å². The summed E-state index contributed by atoms with van der Waals surface area (Å²) in [5.74, 6) is 0.499. The number of amides is 1. The number of carbonyl (C=O) groups is 1. The van der Waals surface area contributed by atoms with Crippen molar-refractivity contribution in [2.45, 2.75) is 39.3 Å². The molecule has 5 nitrogen and oxygen atoms in total. The van der Waals surface area contributed by atoms with E-state index in [1.165, 1.54) is 0 Å². The van der Waals surface area contributed by atoms with Gasteiger partial charge in [0.2, 0.25) is 0 Å². The number of hydrogen-bond donors (Lipinski definition) is 0. The van der Waals surface area contributed by atoms with E-state index in [9.17, 15) is 4.79 Å². The number of rotatable bonds is 3. The monoisotopic (exact) mass is 298 g/mol. The number of hydrogen-bond acceptors (Lipinski definition) is 3. The van der Waals surface area contributed by atoms with Crippen LogP contribution in [0.5, 0.6) is 0 Å². The number of imidazole rings is 1. The van der Waals surface area contributed by atoms with Gasteiger partial charge in [-0.05, 0) is 37.8 Å². The van der Waals surface area contributed by atoms with Crippen LogP contribution in [0.4, 0.5) is 0 Å². The van der Waals surface area contributed by atoms with Gasteiger partial charge in [-0.1, -0.05) is 13.0 Å². The average molecular weight is 298 g/mol. The molecule has 0 N–H and O–H groups in total. The molecule has 0 spiro atoms. The highest BCUT2D eigenvalue weighted by Gasteiger charge is 2.35. The third kappa shape index (κ3) is 2.75. The molecule has 3 rings (SSSR count). The highest BCUT2D eigenvalue weighted by molar-refractivity contribution is 5.92. The second-order valence-electron chi connectivity index (χ2n) is 6.40. The van der Waals surface area contributed by atoms with Crippen molar-refractivity contribution in [1.29, 1.82) is 0 Å². The Hall–Kier alpha value is -2.17. The van der Waals surface area contributed by atoms with E-state index in [4.69, 9.17) is 0 Å². The lowest BCUT2D eigenvalue weighted by Crippen LogP contribution is -2.31. The lowest BCUT2D eigenvalue weighted by Gasteiger charge is -2.24. The van der Waals surface area contributed by atoms with Gasteiger partial charge in [0.1, 0.15) is 5.69 Å². The maximum absolute atomic E-state index is 12.8. The molecule has 0 saturated carbocycles. The summed E-state index contributed by atoms with van der Waals surface area (Å²) >= 11 is 0. The Morgan fingerprint density at radius 1 is 1.41 bits per heavy atom. The van der Waals surface area contributed by atoms with E-state index in [1.807, 2.05) is 34.0 Å². The zero-order chi connectivity index (χ0) is 15.7. The van der Waals surface area contributed by atoms with Crippen LogP contribution in [0.2, 0.25) is 0 Å². The van der Waals surface area contributed by atoms with Gasteiger partial charge >= 0.3 is 0 Å². The van der Waals surface area contributed by atoms with Crippen LogP contribution in [0.25, 0.3) is 0 Å². The Balaban J connectivity index is 1.86. The van der Waals surface area contributed by atoms with Gasteiger partial charge in [-0.3, -0.25) is 9.78 Å². The van der Waals surface area contributed by atoms with Crippen molar-refractivity contribution >= 4 is 5.91 Å². The molecule has 0 radical (unpaired) electrons. The molecule has 1 fully saturated rings. The number of pyridine rings is 1. The van der Waals surface area contributed by atoms with Gasteiger partial charge in [0.15, 0.2) is 0 Å². The molecule has 0 unspecified atom stereocenters. The highest BCUT2D eigenvalue weighted by Crippen LogP contribution is 2.35. The summed E-state index contributed by atoms with van der Waals surface area (Å²) in [5, 5.41) is 0. The molecule has 1 amide bonds. The van der Waals surface area contributed by atoms with Gasteiger partial charge in [-0.25, -0.2) is 4.98 Å². The average Bonchev–Trinajstić information content (AvgIpc) is 3.14. The highest BCUT2D eigenvalue weighted by atomic mass is 16.2. The number of aromatic nitrogens is 3. The minimum Gasteiger partial charge on any atom is -0.334 e. The molecule has 0 aromatic carbocycles. The van der Waals surface area contributed by atoms with Crippen molar-refractivity contribution in [3.8, 4) is 0 Å². The van der Waals surface area contributed by atoms with Crippen molar-refractivity contribution in [2.75, 3.05) is 6.54 Å². The van der Waals surface area contributed by atoms with Crippen molar-refractivity contribution in [3.05, 3.63) is 48.3 Å². The molecular weight excluding hydrogens is 276 g/mol. The summed E-state index contributed by atoms with van der Waals surface area (Å²) in [6.07, 6.45) is 8.17. The van der Waals surface area contributed by atoms with Crippen molar-refractivity contribution in [2.24, 2.45) is 5.92 Å². The summed E-state index contributed by atoms with van der Waals surface area (Å²) in [6, 6.07) is 4.37. The van der Waals surface area contributed by atoms with Crippen molar-refractivity contribution in [3.63, 3.8) is 0 Å². The Labute approximate surface area is 131 Å². The molecule has 1 aliphatic heterocycles. The number of nitrogens with zero attached hydrogens (tertiary/aromatic N) is 4. The molecule has 1 aliphatic rings. The second kappa shape index (κ2) is 5.91. The summed E-state index contributed by atoms with van der Waals surface area (Å²) < 4.78 is 1.96. The minimum atomic E-state index is 0.0117. The summed E-state index contributed by atoms with van der Waals surface area (Å²) in [4.78, 5) is 23.3. The molecule has 2 aromatic heterocycles. The Bertz CT molecular complexity index is 650. The van der Waals surface area contributed by atoms with Crippen LogP contribution in [0.15, 0.2) is 37.1 Å². The molecule has 1 saturated heterocycles. The predicted octanol–water partition coefficient (Wildman–Crippen LogP) is 3.08. The summed E-state index contributed by atoms with van der Waals surface area (Å²) in [7, 11) is 0. The third-order valence-electron chi connectivity index (χ3n) is 4.26. The SMILES string of the molecule is CC(C)n1cnc(C(=O)N2C[C@H](C)C[C@@H]2c2cccnc2)c1. The molecule has 5 heteroatoms. The fraction of sp³-hybridized carbons (Fsp3) is 0.471. The molecule has 2 aromatic rings. The van der Waals surface area contributed by atoms with Crippen LogP contribution in [0.1, 0.15) is 55.3 Å². The number of likely N-dealkylation sites (tertiary alicyclic amines) is 1. The van der Waals surface area contributed by atoms with E-state index >= 15 is 0 Å². The molecule has 2 atom stereocenters. The fourth-order valence-corrected chi connectivity index (χ4v) is 3.04. The lowest BCUT2D eigenvalue weighted by atomic mass is 10.0. The van der Waals surface area contributed by atoms with Crippen LogP contribution in [-0.2, 0) is 0 Å². The molecule has 0 aliphatic carbocycles. The lowest BCUT2D eigenvalue weighted by molar-refractivity contribution is 0.0726. The Morgan fingerprint density at radius 2 is 2.23 bits per heavy atom. The first-order valence-corrected chi connectivity index (χ1v) is 7.80. The third-order valence-corrected chi connectivity index (χ3v) is 4.26. The van der Waals surface area contributed by atoms with Gasteiger partial charge in [-0.15, -0.1) is 0 Å². The normalized spacial score (nSPS) is 21.5. The first-order chi connectivity index (χ1) is 10.6. The standard InChI is InChI=1S/C17H22N4O/c1-12(2)20-10-15(19-11-20)17(22)21-9-13(3)7-16(21)14-5-4-6-18-8-14/h4-6,8,10-13,16H,7,9H2,1-3H3/t13-,16-/m1/s1. The first kappa shape index (κ1) is 14.8. The smallest absolute Gasteiger partial charge is 0.274 e. The Kier molecular flexibility index (Phi) is 3.96. The first-order valence-electron chi connectivity index (χ1n) is 7.80. The predicted molar refractivity (Wildman–Crippen MR) is 84.4 cm³/mol. The van der Waals surface area contributed by atoms with E-state index < -0.39 is 0 Å². The Morgan fingerprint density at radius 3 is 2.86 bits per heavy atom. The minimum absolute atomic E-state index is 0.0117. The van der Waals surface area contributed by atoms with Crippen LogP contribution in [0, 0.1) is 5.92 Å². The van der Waals surface area contributed by atoms with Crippen LogP contribution >= 0.6 is 0 Å². The largest absolute Gasteiger partial charge is 0.334 e. The van der Waals surface area contributed by atoms with E-state index in [-0.39, 0.29) is 11.9 Å². The molecule has 116 valence electrons. The van der Waals surface area contributed by atoms with Crippen LogP contribution in [-0.4, -0.2) is 31.9 Å². The summed E-state index contributed by atoms with van der Waals surface area (Å²) in [6.45, 7) is 7.11. The van der Waals surface area contributed by atoms with E-state index in [1.54, 1.807) is 12.5 Å². The fourth-order valence-electron chi connectivity index (χ4n) is 3.04. The maximum Gasteiger partial charge on any atom is 0.274 e. The van der Waals surface area contributed by atoms with E-state index in [0.717, 1.165) is 18.5 Å². The molecular formula is C17H22N4O. The van der Waals surface area contributed by atoms with E-state index in [2.05, 4.69) is 30.7 Å². The van der Waals surface area contributed by atoms with Gasteiger partial charge in [0.25, 0.3) is 5.91 Å². The van der Waals surface area contributed by atoms with Gasteiger partial charge in [-0.2, -0.15) is 0 Å². The quantitative estimate of drug-likeness (QED) is 0.875. The van der Waals surface area contributed by atoms with Gasteiger partial charge < -0.3 is 9.47 Å². The maximum atomic E-state index is 12.8. The van der Waals surface area contributed by atoms with Crippen LogP contribution < -0.4 is 0 Å². The summed E-state index contributed by atoms with van der Waals surface area (Å²) in [5.41, 5.74) is 1.63. The van der Waals surface area contributed by atoms with E-state index in [0.29, 0.717) is 17.7 Å². The number of carbonyl (C=O) groups excluding carboxylic acids is 1.